The quantitative estimate of drug-likeness (QED) is 0.673. The summed E-state index contributed by atoms with van der Waals surface area (Å²) in [5, 5.41) is 0.610. The number of nitrogens with one attached hydrogen (secondary N) is 1. The molecule has 0 saturated carbocycles. The van der Waals surface area contributed by atoms with Gasteiger partial charge in [-0.2, -0.15) is 0 Å². The van der Waals surface area contributed by atoms with Gasteiger partial charge in [0.1, 0.15) is 5.82 Å². The second kappa shape index (κ2) is 6.30. The van der Waals surface area contributed by atoms with E-state index in [0.717, 1.165) is 5.56 Å². The molecule has 2 aromatic rings. The number of benzene rings is 1. The zero-order valence-corrected chi connectivity index (χ0v) is 11.4. The van der Waals surface area contributed by atoms with E-state index in [2.05, 4.69) is 10.4 Å². The summed E-state index contributed by atoms with van der Waals surface area (Å²) in [6, 6.07) is 7.77. The van der Waals surface area contributed by atoms with Crippen LogP contribution >= 0.6 is 23.2 Å². The molecule has 0 aliphatic heterocycles. The Morgan fingerprint density at radius 2 is 2.05 bits per heavy atom. The van der Waals surface area contributed by atoms with E-state index in [9.17, 15) is 4.39 Å². The molecule has 3 nitrogen and oxygen atoms in total. The summed E-state index contributed by atoms with van der Waals surface area (Å²) in [5.41, 5.74) is 4.15. The largest absolute Gasteiger partial charge is 0.271 e. The number of nitrogens with two attached hydrogens (primary N) is 1. The SMILES string of the molecule is NNC(Cc1ccc(F)c(Cl)c1)c1ncccc1Cl. The summed E-state index contributed by atoms with van der Waals surface area (Å²) in [6.45, 7) is 0. The van der Waals surface area contributed by atoms with Gasteiger partial charge in [-0.1, -0.05) is 29.3 Å². The minimum Gasteiger partial charge on any atom is -0.271 e. The lowest BCUT2D eigenvalue weighted by Crippen LogP contribution is -2.30. The number of hydrogen-bond acceptors (Lipinski definition) is 3. The van der Waals surface area contributed by atoms with E-state index in [1.807, 2.05) is 0 Å². The number of halogens is 3. The Bertz CT molecular complexity index is 578. The predicted octanol–water partition coefficient (Wildman–Crippen LogP) is 3.27. The van der Waals surface area contributed by atoms with Crippen molar-refractivity contribution in [2.75, 3.05) is 0 Å². The van der Waals surface area contributed by atoms with Crippen LogP contribution in [-0.2, 0) is 6.42 Å². The van der Waals surface area contributed by atoms with Crippen LogP contribution < -0.4 is 11.3 Å². The number of rotatable bonds is 4. The topological polar surface area (TPSA) is 50.9 Å². The van der Waals surface area contributed by atoms with Crippen molar-refractivity contribution in [3.63, 3.8) is 0 Å². The normalized spacial score (nSPS) is 12.4. The van der Waals surface area contributed by atoms with Crippen LogP contribution in [0.5, 0.6) is 0 Å². The second-order valence-corrected chi connectivity index (χ2v) is 4.86. The Morgan fingerprint density at radius 3 is 2.68 bits per heavy atom. The first-order chi connectivity index (χ1) is 9.11. The molecule has 0 saturated heterocycles. The van der Waals surface area contributed by atoms with E-state index >= 15 is 0 Å². The molecule has 0 bridgehead atoms. The van der Waals surface area contributed by atoms with Gasteiger partial charge in [0, 0.05) is 6.20 Å². The maximum absolute atomic E-state index is 13.1. The Morgan fingerprint density at radius 1 is 1.26 bits per heavy atom. The number of nitrogens with zero attached hydrogens (tertiary/aromatic N) is 1. The van der Waals surface area contributed by atoms with Crippen molar-refractivity contribution in [1.29, 1.82) is 0 Å². The van der Waals surface area contributed by atoms with Gasteiger partial charge in [0.2, 0.25) is 0 Å². The number of aromatic nitrogens is 1. The van der Waals surface area contributed by atoms with E-state index in [-0.39, 0.29) is 11.1 Å². The van der Waals surface area contributed by atoms with Crippen LogP contribution in [-0.4, -0.2) is 4.98 Å². The van der Waals surface area contributed by atoms with Gasteiger partial charge in [0.15, 0.2) is 0 Å². The molecule has 0 aliphatic rings. The van der Waals surface area contributed by atoms with Gasteiger partial charge in [0.05, 0.1) is 21.8 Å². The third-order valence-corrected chi connectivity index (χ3v) is 3.35. The fourth-order valence-corrected chi connectivity index (χ4v) is 2.25. The van der Waals surface area contributed by atoms with Gasteiger partial charge < -0.3 is 0 Å². The Hall–Kier alpha value is -1.20. The molecule has 1 heterocycles. The van der Waals surface area contributed by atoms with Crippen LogP contribution in [0, 0.1) is 5.82 Å². The smallest absolute Gasteiger partial charge is 0.141 e. The van der Waals surface area contributed by atoms with Gasteiger partial charge >= 0.3 is 0 Å². The average Bonchev–Trinajstić information content (AvgIpc) is 2.41. The molecule has 0 aliphatic carbocycles. The van der Waals surface area contributed by atoms with E-state index in [1.165, 1.54) is 6.07 Å². The summed E-state index contributed by atoms with van der Waals surface area (Å²) in [5.74, 6) is 5.09. The van der Waals surface area contributed by atoms with E-state index in [4.69, 9.17) is 29.0 Å². The summed E-state index contributed by atoms with van der Waals surface area (Å²) in [7, 11) is 0. The van der Waals surface area contributed by atoms with Crippen molar-refractivity contribution < 1.29 is 4.39 Å². The van der Waals surface area contributed by atoms with Crippen molar-refractivity contribution in [3.05, 3.63) is 63.6 Å². The van der Waals surface area contributed by atoms with Crippen LogP contribution in [0.1, 0.15) is 17.3 Å². The summed E-state index contributed by atoms with van der Waals surface area (Å²) >= 11 is 11.8. The molecule has 1 unspecified atom stereocenters. The number of hydrogen-bond donors (Lipinski definition) is 2. The highest BCUT2D eigenvalue weighted by molar-refractivity contribution is 6.31. The van der Waals surface area contributed by atoms with Crippen molar-refractivity contribution in [2.45, 2.75) is 12.5 Å². The minimum atomic E-state index is -0.446. The van der Waals surface area contributed by atoms with Gasteiger partial charge in [-0.25, -0.2) is 4.39 Å². The van der Waals surface area contributed by atoms with Crippen molar-refractivity contribution in [3.8, 4) is 0 Å². The molecule has 0 fully saturated rings. The fraction of sp³-hybridized carbons (Fsp3) is 0.154. The summed E-state index contributed by atoms with van der Waals surface area (Å²) in [6.07, 6.45) is 2.15. The minimum absolute atomic E-state index is 0.0837. The van der Waals surface area contributed by atoms with Crippen LogP contribution in [0.2, 0.25) is 10.0 Å². The van der Waals surface area contributed by atoms with Crippen molar-refractivity contribution in [2.24, 2.45) is 5.84 Å². The highest BCUT2D eigenvalue weighted by Crippen LogP contribution is 2.24. The van der Waals surface area contributed by atoms with Crippen LogP contribution in [0.25, 0.3) is 0 Å². The molecule has 6 heteroatoms. The summed E-state index contributed by atoms with van der Waals surface area (Å²) in [4.78, 5) is 4.20. The molecular formula is C13H12Cl2FN3. The standard InChI is InChI=1S/C13H12Cl2FN3/c14-9-2-1-5-18-13(9)12(19-17)7-8-3-4-11(16)10(15)6-8/h1-6,12,19H,7,17H2. The number of hydrazine groups is 1. The predicted molar refractivity (Wildman–Crippen MR) is 74.4 cm³/mol. The molecule has 0 radical (unpaired) electrons. The lowest BCUT2D eigenvalue weighted by Gasteiger charge is -2.16. The van der Waals surface area contributed by atoms with E-state index < -0.39 is 5.82 Å². The van der Waals surface area contributed by atoms with Gasteiger partial charge in [-0.05, 0) is 36.2 Å². The molecule has 1 aromatic heterocycles. The van der Waals surface area contributed by atoms with E-state index in [1.54, 1.807) is 30.5 Å². The number of pyridine rings is 1. The molecule has 19 heavy (non-hydrogen) atoms. The monoisotopic (exact) mass is 299 g/mol. The van der Waals surface area contributed by atoms with Crippen LogP contribution in [0.4, 0.5) is 4.39 Å². The first-order valence-corrected chi connectivity index (χ1v) is 6.38. The summed E-state index contributed by atoms with van der Waals surface area (Å²) < 4.78 is 13.1. The average molecular weight is 300 g/mol. The fourth-order valence-electron chi connectivity index (χ4n) is 1.79. The maximum atomic E-state index is 13.1. The molecule has 2 rings (SSSR count). The lowest BCUT2D eigenvalue weighted by molar-refractivity contribution is 0.537. The van der Waals surface area contributed by atoms with Gasteiger partial charge in [0.25, 0.3) is 0 Å². The highest BCUT2D eigenvalue weighted by Gasteiger charge is 2.15. The van der Waals surface area contributed by atoms with Crippen LogP contribution in [0.3, 0.4) is 0 Å². The Balaban J connectivity index is 2.24. The zero-order valence-electron chi connectivity index (χ0n) is 9.91. The Labute approximate surface area is 120 Å². The third-order valence-electron chi connectivity index (χ3n) is 2.74. The van der Waals surface area contributed by atoms with Gasteiger partial charge in [-0.3, -0.25) is 16.3 Å². The molecule has 0 amide bonds. The molecule has 0 spiro atoms. The first-order valence-electron chi connectivity index (χ1n) is 5.62. The lowest BCUT2D eigenvalue weighted by atomic mass is 10.0. The molecular weight excluding hydrogens is 288 g/mol. The molecule has 100 valence electrons. The Kier molecular flexibility index (Phi) is 4.71. The van der Waals surface area contributed by atoms with Crippen LogP contribution in [0.15, 0.2) is 36.5 Å². The van der Waals surface area contributed by atoms with Crippen molar-refractivity contribution in [1.82, 2.24) is 10.4 Å². The second-order valence-electron chi connectivity index (χ2n) is 4.04. The zero-order chi connectivity index (χ0) is 13.8. The van der Waals surface area contributed by atoms with E-state index in [0.29, 0.717) is 17.1 Å². The third kappa shape index (κ3) is 3.42. The molecule has 1 atom stereocenters. The molecule has 3 N–H and O–H groups in total. The maximum Gasteiger partial charge on any atom is 0.141 e. The van der Waals surface area contributed by atoms with Gasteiger partial charge in [-0.15, -0.1) is 0 Å². The molecule has 1 aromatic carbocycles. The first kappa shape index (κ1) is 14.2. The highest BCUT2D eigenvalue weighted by atomic mass is 35.5. The van der Waals surface area contributed by atoms with Crippen molar-refractivity contribution >= 4 is 23.2 Å².